The molecule has 2 N–H and O–H groups in total. The number of nitrogens with zero attached hydrogens (tertiary/aromatic N) is 2. The third-order valence-corrected chi connectivity index (χ3v) is 5.30. The van der Waals surface area contributed by atoms with Crippen LogP contribution in [-0.2, 0) is 22.8 Å². The van der Waals surface area contributed by atoms with E-state index in [2.05, 4.69) is 41.8 Å². The molecule has 0 amide bonds. The monoisotopic (exact) mass is 351 g/mol. The highest BCUT2D eigenvalue weighted by atomic mass is 79.9. The molecule has 19 heavy (non-hydrogen) atoms. The Morgan fingerprint density at radius 2 is 1.95 bits per heavy atom. The predicted molar refractivity (Wildman–Crippen MR) is 81.8 cm³/mol. The van der Waals surface area contributed by atoms with E-state index in [1.807, 2.05) is 0 Å². The van der Waals surface area contributed by atoms with Crippen molar-refractivity contribution < 1.29 is 8.42 Å². The lowest BCUT2D eigenvalue weighted by Gasteiger charge is -2.16. The second kappa shape index (κ2) is 5.83. The summed E-state index contributed by atoms with van der Waals surface area (Å²) in [6, 6.07) is 0. The second-order valence-corrected chi connectivity index (χ2v) is 9.11. The topological polar surface area (TPSA) is 78.0 Å². The minimum atomic E-state index is -3.00. The third kappa shape index (κ3) is 4.80. The van der Waals surface area contributed by atoms with Gasteiger partial charge in [-0.1, -0.05) is 27.7 Å². The van der Waals surface area contributed by atoms with E-state index in [1.165, 1.54) is 0 Å². The van der Waals surface area contributed by atoms with Crippen molar-refractivity contribution in [1.82, 2.24) is 9.78 Å². The van der Waals surface area contributed by atoms with Crippen LogP contribution in [0, 0.1) is 5.41 Å². The van der Waals surface area contributed by atoms with Gasteiger partial charge in [-0.25, -0.2) is 13.1 Å². The largest absolute Gasteiger partial charge is 0.383 e. The summed E-state index contributed by atoms with van der Waals surface area (Å²) >= 11 is 3.43. The van der Waals surface area contributed by atoms with Gasteiger partial charge in [-0.15, -0.1) is 0 Å². The lowest BCUT2D eigenvalue weighted by atomic mass is 9.91. The number of sulfone groups is 1. The first kappa shape index (κ1) is 16.5. The number of aromatic nitrogens is 2. The molecule has 0 aliphatic rings. The average Bonchev–Trinajstić information content (AvgIpc) is 2.53. The molecule has 0 radical (unpaired) electrons. The molecule has 5 nitrogen and oxygen atoms in total. The number of anilines is 1. The Labute approximate surface area is 123 Å². The van der Waals surface area contributed by atoms with Crippen LogP contribution in [0.3, 0.4) is 0 Å². The Morgan fingerprint density at radius 3 is 2.42 bits per heavy atom. The Kier molecular flexibility index (Phi) is 5.06. The van der Waals surface area contributed by atoms with E-state index < -0.39 is 9.84 Å². The fourth-order valence-electron chi connectivity index (χ4n) is 1.66. The average molecular weight is 352 g/mol. The van der Waals surface area contributed by atoms with Gasteiger partial charge < -0.3 is 5.73 Å². The standard InChI is InChI=1S/C12H22BrN3O2S/c1-5-19(17,18)7-6-16-11(14)10(13)9(15-16)8-12(2,3)4/h5-8,14H2,1-4H3. The Balaban J connectivity index is 2.90. The molecule has 1 aromatic heterocycles. The SMILES string of the molecule is CCS(=O)(=O)CCn1nc(CC(C)(C)C)c(Br)c1N. The van der Waals surface area contributed by atoms with Crippen molar-refractivity contribution in [2.45, 2.75) is 40.7 Å². The summed E-state index contributed by atoms with van der Waals surface area (Å²) in [5.41, 5.74) is 6.93. The van der Waals surface area contributed by atoms with Gasteiger partial charge in [0.05, 0.1) is 22.5 Å². The van der Waals surface area contributed by atoms with E-state index in [0.717, 1.165) is 16.6 Å². The quantitative estimate of drug-likeness (QED) is 0.882. The predicted octanol–water partition coefficient (Wildman–Crippen LogP) is 2.25. The van der Waals surface area contributed by atoms with E-state index in [-0.39, 0.29) is 16.9 Å². The normalized spacial score (nSPS) is 12.9. The number of aryl methyl sites for hydroxylation is 1. The molecule has 1 aromatic rings. The Morgan fingerprint density at radius 1 is 1.37 bits per heavy atom. The maximum absolute atomic E-state index is 11.5. The van der Waals surface area contributed by atoms with Gasteiger partial charge in [0.2, 0.25) is 0 Å². The summed E-state index contributed by atoms with van der Waals surface area (Å²) in [5.74, 6) is 0.701. The highest BCUT2D eigenvalue weighted by Gasteiger charge is 2.20. The number of nitrogens with two attached hydrogens (primary N) is 1. The molecule has 110 valence electrons. The fraction of sp³-hybridized carbons (Fsp3) is 0.750. The van der Waals surface area contributed by atoms with Crippen molar-refractivity contribution in [2.75, 3.05) is 17.2 Å². The molecule has 0 saturated carbocycles. The summed E-state index contributed by atoms with van der Waals surface area (Å²) in [6.07, 6.45) is 0.783. The fourth-order valence-corrected chi connectivity index (χ4v) is 2.82. The number of hydrogen-bond acceptors (Lipinski definition) is 4. The zero-order valence-electron chi connectivity index (χ0n) is 11.9. The molecule has 0 unspecified atom stereocenters. The first-order valence-electron chi connectivity index (χ1n) is 6.27. The maximum atomic E-state index is 11.5. The smallest absolute Gasteiger partial charge is 0.151 e. The maximum Gasteiger partial charge on any atom is 0.151 e. The van der Waals surface area contributed by atoms with E-state index in [9.17, 15) is 8.42 Å². The van der Waals surface area contributed by atoms with Crippen LogP contribution in [0.5, 0.6) is 0 Å². The molecule has 0 spiro atoms. The Hall–Kier alpha value is -0.560. The van der Waals surface area contributed by atoms with Gasteiger partial charge in [-0.2, -0.15) is 5.10 Å². The van der Waals surface area contributed by atoms with Crippen LogP contribution in [0.4, 0.5) is 5.82 Å². The molecule has 0 saturated heterocycles. The molecular weight excluding hydrogens is 330 g/mol. The summed E-state index contributed by atoms with van der Waals surface area (Å²) < 4.78 is 25.4. The van der Waals surface area contributed by atoms with Crippen molar-refractivity contribution in [1.29, 1.82) is 0 Å². The summed E-state index contributed by atoms with van der Waals surface area (Å²) in [7, 11) is -3.00. The first-order chi connectivity index (χ1) is 8.56. The van der Waals surface area contributed by atoms with Gasteiger partial charge in [0.15, 0.2) is 9.84 Å². The summed E-state index contributed by atoms with van der Waals surface area (Å²) in [4.78, 5) is 0. The highest BCUT2D eigenvalue weighted by molar-refractivity contribution is 9.10. The Bertz CT molecular complexity index is 544. The first-order valence-corrected chi connectivity index (χ1v) is 8.88. The molecule has 0 aliphatic heterocycles. The van der Waals surface area contributed by atoms with Crippen molar-refractivity contribution in [3.63, 3.8) is 0 Å². The van der Waals surface area contributed by atoms with E-state index >= 15 is 0 Å². The summed E-state index contributed by atoms with van der Waals surface area (Å²) in [5, 5.41) is 4.41. The van der Waals surface area contributed by atoms with Gasteiger partial charge in [0.1, 0.15) is 5.82 Å². The lowest BCUT2D eigenvalue weighted by molar-refractivity contribution is 0.403. The van der Waals surface area contributed by atoms with E-state index in [0.29, 0.717) is 12.4 Å². The molecule has 0 atom stereocenters. The molecule has 0 aromatic carbocycles. The van der Waals surface area contributed by atoms with E-state index in [4.69, 9.17) is 5.73 Å². The van der Waals surface area contributed by atoms with Crippen LogP contribution in [0.2, 0.25) is 0 Å². The van der Waals surface area contributed by atoms with Crippen LogP contribution in [-0.4, -0.2) is 29.7 Å². The molecule has 0 aliphatic carbocycles. The molecule has 1 rings (SSSR count). The summed E-state index contributed by atoms with van der Waals surface area (Å²) in [6.45, 7) is 8.30. The van der Waals surface area contributed by atoms with E-state index in [1.54, 1.807) is 11.6 Å². The van der Waals surface area contributed by atoms with Gasteiger partial charge >= 0.3 is 0 Å². The molecule has 0 fully saturated rings. The molecule has 7 heteroatoms. The zero-order chi connectivity index (χ0) is 14.8. The molecule has 0 bridgehead atoms. The van der Waals surface area contributed by atoms with Crippen LogP contribution in [0.25, 0.3) is 0 Å². The van der Waals surface area contributed by atoms with Crippen LogP contribution in [0.1, 0.15) is 33.4 Å². The lowest BCUT2D eigenvalue weighted by Crippen LogP contribution is -2.17. The number of hydrogen-bond donors (Lipinski definition) is 1. The number of halogens is 1. The number of nitrogen functional groups attached to an aromatic ring is 1. The van der Waals surface area contributed by atoms with Crippen molar-refractivity contribution in [3.8, 4) is 0 Å². The number of rotatable bonds is 5. The highest BCUT2D eigenvalue weighted by Crippen LogP contribution is 2.29. The third-order valence-electron chi connectivity index (χ3n) is 2.75. The van der Waals surface area contributed by atoms with Crippen molar-refractivity contribution in [2.24, 2.45) is 5.41 Å². The minimum absolute atomic E-state index is 0.0662. The van der Waals surface area contributed by atoms with Crippen LogP contribution >= 0.6 is 15.9 Å². The van der Waals surface area contributed by atoms with Gasteiger partial charge in [0, 0.05) is 5.75 Å². The van der Waals surface area contributed by atoms with Gasteiger partial charge in [0.25, 0.3) is 0 Å². The molecule has 1 heterocycles. The van der Waals surface area contributed by atoms with Crippen LogP contribution in [0.15, 0.2) is 4.47 Å². The zero-order valence-corrected chi connectivity index (χ0v) is 14.3. The van der Waals surface area contributed by atoms with Crippen molar-refractivity contribution in [3.05, 3.63) is 10.2 Å². The van der Waals surface area contributed by atoms with Gasteiger partial charge in [-0.05, 0) is 27.8 Å². The van der Waals surface area contributed by atoms with Gasteiger partial charge in [-0.3, -0.25) is 0 Å². The second-order valence-electron chi connectivity index (χ2n) is 5.84. The minimum Gasteiger partial charge on any atom is -0.383 e. The van der Waals surface area contributed by atoms with Crippen LogP contribution < -0.4 is 5.73 Å². The molecular formula is C12H22BrN3O2S. The van der Waals surface area contributed by atoms with Crippen molar-refractivity contribution >= 4 is 31.6 Å².